The van der Waals surface area contributed by atoms with Crippen LogP contribution in [0, 0.1) is 112 Å². The number of rotatable bonds is 0. The van der Waals surface area contributed by atoms with Crippen molar-refractivity contribution in [2.24, 2.45) is 112 Å². The first-order valence-electron chi connectivity index (χ1n) is 16.4. The van der Waals surface area contributed by atoms with Crippen LogP contribution >= 0.6 is 0 Å². The molecule has 8 fully saturated rings. The number of hydrogen-bond donors (Lipinski definition) is 0. The summed E-state index contributed by atoms with van der Waals surface area (Å²) in [5, 5.41) is 0. The minimum Gasteiger partial charge on any atom is -0.0625 e. The molecule has 0 aromatic heterocycles. The molecular formula is C34H54. The molecule has 8 aliphatic rings. The maximum Gasteiger partial charge on any atom is -0.0312 e. The SMILES string of the molecule is CC1CCC2C(CCC(C)CC(C)CC(C)CC(C)C1)C1C2C2C1C1C3C4C5CCC5C4C3C21. The van der Waals surface area contributed by atoms with E-state index in [1.807, 2.05) is 0 Å². The molecule has 8 rings (SSSR count). The fraction of sp³-hybridized carbons (Fsp3) is 1.00. The van der Waals surface area contributed by atoms with Gasteiger partial charge >= 0.3 is 0 Å². The Kier molecular flexibility index (Phi) is 4.88. The van der Waals surface area contributed by atoms with E-state index in [-0.39, 0.29) is 0 Å². The molecule has 18 unspecified atom stereocenters. The Morgan fingerprint density at radius 1 is 0.265 bits per heavy atom. The highest BCUT2D eigenvalue weighted by Gasteiger charge is 2.88. The molecule has 0 amide bonds. The lowest BCUT2D eigenvalue weighted by Crippen LogP contribution is -2.89. The van der Waals surface area contributed by atoms with Crippen LogP contribution in [0.15, 0.2) is 0 Å². The summed E-state index contributed by atoms with van der Waals surface area (Å²) in [4.78, 5) is 0. The van der Waals surface area contributed by atoms with Crippen molar-refractivity contribution in [1.29, 1.82) is 0 Å². The van der Waals surface area contributed by atoms with Crippen molar-refractivity contribution in [2.45, 2.75) is 98.8 Å². The summed E-state index contributed by atoms with van der Waals surface area (Å²) in [6.07, 6.45) is 15.5. The Labute approximate surface area is 211 Å². The standard InChI is InChI=1S/C34H54/c1-16-6-8-21-22(9-7-17(2)13-19(4)15-20(5)14-18(3)12-16)26-25(21)29-30(26)34-32-28-24-11-10-23(24)27(28)31(32)33(29)34/h16-34H,6-15H2,1-5H3. The lowest BCUT2D eigenvalue weighted by atomic mass is 9.12. The van der Waals surface area contributed by atoms with Gasteiger partial charge in [0, 0.05) is 0 Å². The van der Waals surface area contributed by atoms with Crippen LogP contribution in [0.25, 0.3) is 0 Å². The summed E-state index contributed by atoms with van der Waals surface area (Å²) in [5.41, 5.74) is 0. The predicted molar refractivity (Wildman–Crippen MR) is 141 cm³/mol. The van der Waals surface area contributed by atoms with Gasteiger partial charge in [0.2, 0.25) is 0 Å². The van der Waals surface area contributed by atoms with Gasteiger partial charge in [-0.1, -0.05) is 47.5 Å². The van der Waals surface area contributed by atoms with Gasteiger partial charge in [0.1, 0.15) is 0 Å². The Morgan fingerprint density at radius 2 is 0.500 bits per heavy atom. The molecule has 8 aliphatic carbocycles. The molecule has 0 aliphatic heterocycles. The van der Waals surface area contributed by atoms with E-state index in [1.165, 1.54) is 96.7 Å². The molecule has 34 heavy (non-hydrogen) atoms. The normalized spacial score (nSPS) is 67.9. The van der Waals surface area contributed by atoms with E-state index in [9.17, 15) is 0 Å². The lowest BCUT2D eigenvalue weighted by molar-refractivity contribution is -0.458. The van der Waals surface area contributed by atoms with E-state index in [2.05, 4.69) is 34.6 Å². The summed E-state index contributed by atoms with van der Waals surface area (Å²) < 4.78 is 0. The van der Waals surface area contributed by atoms with Crippen LogP contribution in [-0.4, -0.2) is 0 Å². The molecule has 0 aromatic carbocycles. The Hall–Kier alpha value is 0. The first-order valence-corrected chi connectivity index (χ1v) is 16.4. The summed E-state index contributed by atoms with van der Waals surface area (Å²) in [6, 6.07) is 0. The van der Waals surface area contributed by atoms with Crippen LogP contribution in [0.2, 0.25) is 0 Å². The van der Waals surface area contributed by atoms with Crippen molar-refractivity contribution >= 4 is 0 Å². The van der Waals surface area contributed by atoms with Crippen LogP contribution in [0.3, 0.4) is 0 Å². The largest absolute Gasteiger partial charge is 0.0625 e. The quantitative estimate of drug-likeness (QED) is 0.315. The molecule has 190 valence electrons. The lowest BCUT2D eigenvalue weighted by Gasteiger charge is -2.92. The summed E-state index contributed by atoms with van der Waals surface area (Å²) in [5.74, 6) is 22.0. The maximum atomic E-state index is 2.61. The fourth-order valence-corrected chi connectivity index (χ4v) is 14.2. The van der Waals surface area contributed by atoms with Crippen LogP contribution in [-0.2, 0) is 0 Å². The van der Waals surface area contributed by atoms with Gasteiger partial charge in [-0.25, -0.2) is 0 Å². The van der Waals surface area contributed by atoms with Gasteiger partial charge in [0.05, 0.1) is 0 Å². The molecule has 18 atom stereocenters. The summed E-state index contributed by atoms with van der Waals surface area (Å²) >= 11 is 0. The van der Waals surface area contributed by atoms with Crippen molar-refractivity contribution in [3.05, 3.63) is 0 Å². The molecule has 8 saturated carbocycles. The van der Waals surface area contributed by atoms with Gasteiger partial charge in [-0.2, -0.15) is 0 Å². The Balaban J connectivity index is 0.974. The van der Waals surface area contributed by atoms with E-state index in [0.29, 0.717) is 0 Å². The average molecular weight is 463 g/mol. The number of hydrogen-bond acceptors (Lipinski definition) is 0. The molecule has 0 saturated heterocycles. The smallest absolute Gasteiger partial charge is 0.0312 e. The monoisotopic (exact) mass is 462 g/mol. The zero-order valence-corrected chi connectivity index (χ0v) is 23.0. The van der Waals surface area contributed by atoms with Crippen molar-refractivity contribution < 1.29 is 0 Å². The summed E-state index contributed by atoms with van der Waals surface area (Å²) in [6.45, 7) is 12.9. The molecule has 0 aromatic rings. The van der Waals surface area contributed by atoms with Crippen molar-refractivity contribution in [3.8, 4) is 0 Å². The van der Waals surface area contributed by atoms with Crippen molar-refractivity contribution in [2.75, 3.05) is 0 Å². The van der Waals surface area contributed by atoms with E-state index >= 15 is 0 Å². The second-order valence-corrected chi connectivity index (χ2v) is 16.6. The summed E-state index contributed by atoms with van der Waals surface area (Å²) in [7, 11) is 0. The average Bonchev–Trinajstić information content (AvgIpc) is 2.71. The predicted octanol–water partition coefficient (Wildman–Crippen LogP) is 8.80. The topological polar surface area (TPSA) is 0 Å². The minimum atomic E-state index is 0.925. The molecule has 0 nitrogen and oxygen atoms in total. The maximum absolute atomic E-state index is 2.61. The van der Waals surface area contributed by atoms with Crippen LogP contribution in [0.4, 0.5) is 0 Å². The molecule has 0 N–H and O–H groups in total. The number of fused-ring (bicyclic) bond motifs is 19. The molecule has 0 heteroatoms. The van der Waals surface area contributed by atoms with Gasteiger partial charge in [0.15, 0.2) is 0 Å². The second-order valence-electron chi connectivity index (χ2n) is 16.6. The van der Waals surface area contributed by atoms with Gasteiger partial charge in [-0.05, 0) is 164 Å². The van der Waals surface area contributed by atoms with Crippen LogP contribution in [0.1, 0.15) is 98.8 Å². The van der Waals surface area contributed by atoms with Gasteiger partial charge in [-0.15, -0.1) is 0 Å². The first-order chi connectivity index (χ1) is 16.4. The first kappa shape index (κ1) is 22.0. The van der Waals surface area contributed by atoms with E-state index in [4.69, 9.17) is 0 Å². The van der Waals surface area contributed by atoms with Gasteiger partial charge in [0.25, 0.3) is 0 Å². The molecule has 0 heterocycles. The van der Waals surface area contributed by atoms with Crippen LogP contribution < -0.4 is 0 Å². The van der Waals surface area contributed by atoms with E-state index in [1.54, 1.807) is 38.5 Å². The minimum absolute atomic E-state index is 0.925. The van der Waals surface area contributed by atoms with E-state index < -0.39 is 0 Å². The highest BCUT2D eigenvalue weighted by molar-refractivity contribution is 5.34. The Bertz CT molecular complexity index is 747. The molecule has 0 spiro atoms. The van der Waals surface area contributed by atoms with Gasteiger partial charge < -0.3 is 0 Å². The zero-order valence-electron chi connectivity index (χ0n) is 23.0. The highest BCUT2D eigenvalue weighted by Crippen LogP contribution is 2.91. The third kappa shape index (κ3) is 2.69. The van der Waals surface area contributed by atoms with Crippen LogP contribution in [0.5, 0.6) is 0 Å². The van der Waals surface area contributed by atoms with E-state index in [0.717, 1.165) is 41.4 Å². The third-order valence-electron chi connectivity index (χ3n) is 14.9. The van der Waals surface area contributed by atoms with Crippen molar-refractivity contribution in [1.82, 2.24) is 0 Å². The molecule has 0 bridgehead atoms. The third-order valence-corrected chi connectivity index (χ3v) is 14.9. The second kappa shape index (κ2) is 7.53. The molecule has 0 radical (unpaired) electrons. The molecular weight excluding hydrogens is 408 g/mol. The zero-order chi connectivity index (χ0) is 23.0. The van der Waals surface area contributed by atoms with Crippen molar-refractivity contribution in [3.63, 3.8) is 0 Å². The Morgan fingerprint density at radius 3 is 0.794 bits per heavy atom. The fourth-order valence-electron chi connectivity index (χ4n) is 14.2. The highest BCUT2D eigenvalue weighted by atomic mass is 14.9. The van der Waals surface area contributed by atoms with Gasteiger partial charge in [-0.3, -0.25) is 0 Å².